The summed E-state index contributed by atoms with van der Waals surface area (Å²) in [5.74, 6) is 2.76. The monoisotopic (exact) mass is 314 g/mol. The van der Waals surface area contributed by atoms with E-state index in [0.717, 1.165) is 50.1 Å². The molecule has 122 valence electrons. The van der Waals surface area contributed by atoms with Crippen LogP contribution in [0.3, 0.4) is 0 Å². The van der Waals surface area contributed by atoms with Crippen LogP contribution in [0.5, 0.6) is 0 Å². The normalized spacial score (nSPS) is 15.0. The second-order valence-corrected chi connectivity index (χ2v) is 5.71. The topological polar surface area (TPSA) is 67.2 Å². The number of aryl methyl sites for hydroxylation is 1. The molecule has 1 saturated heterocycles. The van der Waals surface area contributed by atoms with Gasteiger partial charge in [0.15, 0.2) is 11.6 Å². The average molecular weight is 314 g/mol. The summed E-state index contributed by atoms with van der Waals surface area (Å²) in [5.41, 5.74) is 0. The van der Waals surface area contributed by atoms with Crippen molar-refractivity contribution in [2.24, 2.45) is 0 Å². The molecule has 0 spiro atoms. The number of amides is 1. The zero-order valence-electron chi connectivity index (χ0n) is 13.6. The first-order valence-corrected chi connectivity index (χ1v) is 8.06. The number of aromatic nitrogens is 4. The van der Waals surface area contributed by atoms with Crippen molar-refractivity contribution in [3.63, 3.8) is 0 Å². The Labute approximate surface area is 135 Å². The summed E-state index contributed by atoms with van der Waals surface area (Å²) in [6, 6.07) is 3.93. The smallest absolute Gasteiger partial charge is 0.222 e. The number of rotatable bonds is 4. The van der Waals surface area contributed by atoms with Crippen molar-refractivity contribution >= 4 is 11.7 Å². The molecule has 2 aromatic rings. The van der Waals surface area contributed by atoms with E-state index in [1.165, 1.54) is 0 Å². The number of carbonyl (C=O) groups is 1. The SMILES string of the molecule is CCCC(=O)N1CCN(c2ccc(-n3ccnc3C)nn2)CC1. The molecule has 0 bridgehead atoms. The van der Waals surface area contributed by atoms with Gasteiger partial charge < -0.3 is 9.80 Å². The number of anilines is 1. The Bertz CT molecular complexity index is 657. The predicted octanol–water partition coefficient (Wildman–Crippen LogP) is 1.42. The summed E-state index contributed by atoms with van der Waals surface area (Å²) < 4.78 is 1.90. The van der Waals surface area contributed by atoms with Gasteiger partial charge in [0, 0.05) is 45.0 Å². The van der Waals surface area contributed by atoms with E-state index >= 15 is 0 Å². The van der Waals surface area contributed by atoms with Gasteiger partial charge in [0.25, 0.3) is 0 Å². The van der Waals surface area contributed by atoms with Crippen molar-refractivity contribution in [1.29, 1.82) is 0 Å². The largest absolute Gasteiger partial charge is 0.352 e. The van der Waals surface area contributed by atoms with E-state index in [-0.39, 0.29) is 5.91 Å². The fourth-order valence-electron chi connectivity index (χ4n) is 2.79. The summed E-state index contributed by atoms with van der Waals surface area (Å²) in [6.45, 7) is 7.07. The van der Waals surface area contributed by atoms with Gasteiger partial charge in [0.05, 0.1) is 0 Å². The zero-order valence-corrected chi connectivity index (χ0v) is 13.6. The third-order valence-electron chi connectivity index (χ3n) is 4.13. The Morgan fingerprint density at radius 3 is 2.39 bits per heavy atom. The highest BCUT2D eigenvalue weighted by atomic mass is 16.2. The highest BCUT2D eigenvalue weighted by Gasteiger charge is 2.21. The van der Waals surface area contributed by atoms with Crippen molar-refractivity contribution < 1.29 is 4.79 Å². The molecule has 23 heavy (non-hydrogen) atoms. The molecule has 0 unspecified atom stereocenters. The van der Waals surface area contributed by atoms with Crippen LogP contribution in [-0.4, -0.2) is 56.7 Å². The first kappa shape index (κ1) is 15.5. The lowest BCUT2D eigenvalue weighted by Gasteiger charge is -2.35. The molecule has 2 aromatic heterocycles. The number of hydrogen-bond acceptors (Lipinski definition) is 5. The Kier molecular flexibility index (Phi) is 4.55. The fourth-order valence-corrected chi connectivity index (χ4v) is 2.79. The molecule has 3 rings (SSSR count). The van der Waals surface area contributed by atoms with E-state index in [4.69, 9.17) is 0 Å². The van der Waals surface area contributed by atoms with Crippen LogP contribution >= 0.6 is 0 Å². The summed E-state index contributed by atoms with van der Waals surface area (Å²) in [5, 5.41) is 8.62. The Balaban J connectivity index is 1.63. The van der Waals surface area contributed by atoms with Crippen LogP contribution in [-0.2, 0) is 4.79 Å². The van der Waals surface area contributed by atoms with Gasteiger partial charge in [0.1, 0.15) is 5.82 Å². The fraction of sp³-hybridized carbons (Fsp3) is 0.500. The van der Waals surface area contributed by atoms with E-state index < -0.39 is 0 Å². The number of imidazole rings is 1. The van der Waals surface area contributed by atoms with Crippen LogP contribution in [0.2, 0.25) is 0 Å². The van der Waals surface area contributed by atoms with E-state index in [2.05, 4.69) is 20.1 Å². The van der Waals surface area contributed by atoms with E-state index in [0.29, 0.717) is 6.42 Å². The molecule has 1 aliphatic heterocycles. The highest BCUT2D eigenvalue weighted by molar-refractivity contribution is 5.76. The summed E-state index contributed by atoms with van der Waals surface area (Å²) >= 11 is 0. The Morgan fingerprint density at radius 1 is 1.13 bits per heavy atom. The molecule has 0 atom stereocenters. The molecule has 1 aliphatic rings. The van der Waals surface area contributed by atoms with Crippen LogP contribution in [0.25, 0.3) is 5.82 Å². The zero-order chi connectivity index (χ0) is 16.2. The van der Waals surface area contributed by atoms with Gasteiger partial charge in [-0.15, -0.1) is 10.2 Å². The van der Waals surface area contributed by atoms with Gasteiger partial charge in [-0.05, 0) is 25.5 Å². The van der Waals surface area contributed by atoms with E-state index in [1.807, 2.05) is 41.6 Å². The third kappa shape index (κ3) is 3.33. The van der Waals surface area contributed by atoms with Gasteiger partial charge in [-0.1, -0.05) is 6.92 Å². The van der Waals surface area contributed by atoms with E-state index in [1.54, 1.807) is 6.20 Å². The highest BCUT2D eigenvalue weighted by Crippen LogP contribution is 2.15. The standard InChI is InChI=1S/C16H22N6O/c1-3-4-16(23)21-11-9-20(10-12-21)14-5-6-15(19-18-14)22-8-7-17-13(22)2/h5-8H,3-4,9-12H2,1-2H3. The lowest BCUT2D eigenvalue weighted by Crippen LogP contribution is -2.49. The lowest BCUT2D eigenvalue weighted by atomic mass is 10.2. The van der Waals surface area contributed by atoms with E-state index in [9.17, 15) is 4.79 Å². The minimum atomic E-state index is 0.254. The number of nitrogens with zero attached hydrogens (tertiary/aromatic N) is 6. The molecule has 7 nitrogen and oxygen atoms in total. The maximum absolute atomic E-state index is 11.9. The van der Waals surface area contributed by atoms with Gasteiger partial charge in [0.2, 0.25) is 5.91 Å². The van der Waals surface area contributed by atoms with Crippen LogP contribution in [0.1, 0.15) is 25.6 Å². The molecule has 3 heterocycles. The number of piperazine rings is 1. The van der Waals surface area contributed by atoms with Crippen LogP contribution in [0.4, 0.5) is 5.82 Å². The predicted molar refractivity (Wildman–Crippen MR) is 87.6 cm³/mol. The molecular formula is C16H22N6O. The second kappa shape index (κ2) is 6.76. The Morgan fingerprint density at radius 2 is 1.83 bits per heavy atom. The maximum atomic E-state index is 11.9. The van der Waals surface area contributed by atoms with Crippen LogP contribution in [0, 0.1) is 6.92 Å². The van der Waals surface area contributed by atoms with Crippen LogP contribution in [0.15, 0.2) is 24.5 Å². The molecular weight excluding hydrogens is 292 g/mol. The summed E-state index contributed by atoms with van der Waals surface area (Å²) in [4.78, 5) is 20.2. The van der Waals surface area contributed by atoms with Gasteiger partial charge >= 0.3 is 0 Å². The molecule has 0 N–H and O–H groups in total. The molecule has 0 saturated carbocycles. The second-order valence-electron chi connectivity index (χ2n) is 5.71. The molecule has 1 fully saturated rings. The van der Waals surface area contributed by atoms with Crippen molar-refractivity contribution in [3.8, 4) is 5.82 Å². The minimum absolute atomic E-state index is 0.254. The van der Waals surface area contributed by atoms with Crippen molar-refractivity contribution in [1.82, 2.24) is 24.6 Å². The van der Waals surface area contributed by atoms with Gasteiger partial charge in [-0.2, -0.15) is 0 Å². The number of carbonyl (C=O) groups excluding carboxylic acids is 1. The Hall–Kier alpha value is -2.44. The molecule has 0 aliphatic carbocycles. The number of hydrogen-bond donors (Lipinski definition) is 0. The molecule has 7 heteroatoms. The molecule has 0 radical (unpaired) electrons. The summed E-state index contributed by atoms with van der Waals surface area (Å²) in [6.07, 6.45) is 5.16. The van der Waals surface area contributed by atoms with Crippen molar-refractivity contribution in [3.05, 3.63) is 30.4 Å². The van der Waals surface area contributed by atoms with Crippen molar-refractivity contribution in [2.75, 3.05) is 31.1 Å². The van der Waals surface area contributed by atoms with Crippen LogP contribution < -0.4 is 4.90 Å². The third-order valence-corrected chi connectivity index (χ3v) is 4.13. The first-order valence-electron chi connectivity index (χ1n) is 8.06. The quantitative estimate of drug-likeness (QED) is 0.854. The van der Waals surface area contributed by atoms with Gasteiger partial charge in [-0.25, -0.2) is 4.98 Å². The average Bonchev–Trinajstić information content (AvgIpc) is 3.01. The first-order chi connectivity index (χ1) is 11.2. The van der Waals surface area contributed by atoms with Gasteiger partial charge in [-0.3, -0.25) is 9.36 Å². The molecule has 1 amide bonds. The minimum Gasteiger partial charge on any atom is -0.352 e. The lowest BCUT2D eigenvalue weighted by molar-refractivity contribution is -0.131. The summed E-state index contributed by atoms with van der Waals surface area (Å²) in [7, 11) is 0. The molecule has 0 aromatic carbocycles. The van der Waals surface area contributed by atoms with Crippen molar-refractivity contribution in [2.45, 2.75) is 26.7 Å². The maximum Gasteiger partial charge on any atom is 0.222 e.